The predicted octanol–water partition coefficient (Wildman–Crippen LogP) is 2.52. The summed E-state index contributed by atoms with van der Waals surface area (Å²) < 4.78 is 0. The van der Waals surface area contributed by atoms with E-state index in [1.54, 1.807) is 0 Å². The first kappa shape index (κ1) is 8.55. The van der Waals surface area contributed by atoms with Crippen molar-refractivity contribution in [2.45, 2.75) is 38.5 Å². The van der Waals surface area contributed by atoms with E-state index in [-0.39, 0.29) is 0 Å². The molecule has 0 aromatic rings. The fourth-order valence-corrected chi connectivity index (χ4v) is 2.65. The molecule has 1 nitrogen and oxygen atoms in total. The van der Waals surface area contributed by atoms with Crippen LogP contribution in [0.5, 0.6) is 0 Å². The summed E-state index contributed by atoms with van der Waals surface area (Å²) in [6.45, 7) is 2.68. The predicted molar refractivity (Wildman–Crippen MR) is 52.2 cm³/mol. The number of nitrogens with zero attached hydrogens (tertiary/aromatic N) is 1. The fourth-order valence-electron chi connectivity index (χ4n) is 2.65. The minimum atomic E-state index is 1.09. The molecule has 0 bridgehead atoms. The second-order valence-electron chi connectivity index (χ2n) is 4.69. The highest BCUT2D eigenvalue weighted by Crippen LogP contribution is 2.38. The first-order chi connectivity index (χ1) is 5.86. The lowest BCUT2D eigenvalue weighted by atomic mass is 9.73. The minimum Gasteiger partial charge on any atom is -0.306 e. The normalized spacial score (nSPS) is 34.2. The Bertz CT molecular complexity index is 140. The zero-order chi connectivity index (χ0) is 8.39. The summed E-state index contributed by atoms with van der Waals surface area (Å²) in [5.41, 5.74) is 0. The van der Waals surface area contributed by atoms with Gasteiger partial charge in [-0.3, -0.25) is 0 Å². The monoisotopic (exact) mass is 167 g/mol. The molecule has 2 aliphatic rings. The van der Waals surface area contributed by atoms with E-state index >= 15 is 0 Å². The van der Waals surface area contributed by atoms with Gasteiger partial charge in [0.2, 0.25) is 0 Å². The van der Waals surface area contributed by atoms with Crippen LogP contribution in [-0.4, -0.2) is 25.0 Å². The third kappa shape index (κ3) is 1.82. The maximum Gasteiger partial charge on any atom is -0.00190 e. The van der Waals surface area contributed by atoms with Crippen molar-refractivity contribution >= 4 is 0 Å². The van der Waals surface area contributed by atoms with Crippen LogP contribution < -0.4 is 0 Å². The zero-order valence-electron chi connectivity index (χ0n) is 8.26. The van der Waals surface area contributed by atoms with Gasteiger partial charge in [-0.25, -0.2) is 0 Å². The van der Waals surface area contributed by atoms with Gasteiger partial charge >= 0.3 is 0 Å². The van der Waals surface area contributed by atoms with Crippen LogP contribution in [0.15, 0.2) is 0 Å². The maximum absolute atomic E-state index is 2.50. The number of hydrogen-bond donors (Lipinski definition) is 0. The molecule has 0 aromatic carbocycles. The minimum absolute atomic E-state index is 1.09. The van der Waals surface area contributed by atoms with Crippen molar-refractivity contribution in [2.75, 3.05) is 20.1 Å². The van der Waals surface area contributed by atoms with E-state index in [1.807, 2.05) is 0 Å². The van der Waals surface area contributed by atoms with Crippen molar-refractivity contribution in [1.29, 1.82) is 0 Å². The molecule has 1 unspecified atom stereocenters. The highest BCUT2D eigenvalue weighted by Gasteiger charge is 2.27. The average Bonchev–Trinajstić information content (AvgIpc) is 2.12. The van der Waals surface area contributed by atoms with Gasteiger partial charge in [-0.15, -0.1) is 0 Å². The van der Waals surface area contributed by atoms with Crippen molar-refractivity contribution < 1.29 is 0 Å². The van der Waals surface area contributed by atoms with E-state index in [9.17, 15) is 0 Å². The zero-order valence-corrected chi connectivity index (χ0v) is 8.26. The molecule has 70 valence electrons. The molecule has 0 N–H and O–H groups in total. The van der Waals surface area contributed by atoms with Crippen LogP contribution in [0.2, 0.25) is 0 Å². The number of likely N-dealkylation sites (tertiary alicyclic amines) is 1. The van der Waals surface area contributed by atoms with Crippen molar-refractivity contribution in [3.05, 3.63) is 0 Å². The Morgan fingerprint density at radius 2 is 1.50 bits per heavy atom. The van der Waals surface area contributed by atoms with E-state index < -0.39 is 0 Å². The third-order valence-corrected chi connectivity index (χ3v) is 3.81. The summed E-state index contributed by atoms with van der Waals surface area (Å²) in [6, 6.07) is 0. The van der Waals surface area contributed by atoms with Gasteiger partial charge in [0, 0.05) is 0 Å². The van der Waals surface area contributed by atoms with Gasteiger partial charge in [-0.2, -0.15) is 0 Å². The first-order valence-corrected chi connectivity index (χ1v) is 5.55. The van der Waals surface area contributed by atoms with Crippen LogP contribution >= 0.6 is 0 Å². The molecule has 1 saturated carbocycles. The van der Waals surface area contributed by atoms with Crippen LogP contribution in [0.1, 0.15) is 38.5 Å². The Kier molecular flexibility index (Phi) is 2.69. The Morgan fingerprint density at radius 3 is 2.17 bits per heavy atom. The second-order valence-corrected chi connectivity index (χ2v) is 4.69. The van der Waals surface area contributed by atoms with Gasteiger partial charge in [-0.1, -0.05) is 19.3 Å². The van der Waals surface area contributed by atoms with Gasteiger partial charge in [0.25, 0.3) is 0 Å². The number of rotatable bonds is 1. The lowest BCUT2D eigenvalue weighted by Gasteiger charge is -2.33. The largest absolute Gasteiger partial charge is 0.306 e. The van der Waals surface area contributed by atoms with Crippen LogP contribution in [0.25, 0.3) is 0 Å². The summed E-state index contributed by atoms with van der Waals surface area (Å²) in [5, 5.41) is 0. The topological polar surface area (TPSA) is 3.24 Å². The van der Waals surface area contributed by atoms with E-state index in [0.717, 1.165) is 11.8 Å². The standard InChI is InChI=1S/C11H21N/c1-12-8-3-6-11(7-9-12)10-4-2-5-10/h10-11H,2-9H2,1H3. The number of hydrogen-bond acceptors (Lipinski definition) is 1. The molecule has 0 aromatic heterocycles. The van der Waals surface area contributed by atoms with Gasteiger partial charge < -0.3 is 4.90 Å². The Balaban J connectivity index is 1.81. The Hall–Kier alpha value is -0.0400. The summed E-state index contributed by atoms with van der Waals surface area (Å²) in [5.74, 6) is 2.21. The molecule has 1 aliphatic heterocycles. The van der Waals surface area contributed by atoms with Crippen LogP contribution in [0.3, 0.4) is 0 Å². The molecule has 1 heterocycles. The third-order valence-electron chi connectivity index (χ3n) is 3.81. The summed E-state index contributed by atoms with van der Waals surface area (Å²) in [4.78, 5) is 2.50. The SMILES string of the molecule is CN1CCCC(C2CCC2)CC1. The molecule has 1 heteroatoms. The highest BCUT2D eigenvalue weighted by atomic mass is 15.1. The van der Waals surface area contributed by atoms with Crippen molar-refractivity contribution in [1.82, 2.24) is 4.90 Å². The van der Waals surface area contributed by atoms with Crippen LogP contribution in [0.4, 0.5) is 0 Å². The van der Waals surface area contributed by atoms with Gasteiger partial charge in [-0.05, 0) is 51.2 Å². The molecule has 0 spiro atoms. The van der Waals surface area contributed by atoms with Crippen molar-refractivity contribution in [2.24, 2.45) is 11.8 Å². The summed E-state index contributed by atoms with van der Waals surface area (Å²) in [6.07, 6.45) is 9.01. The maximum atomic E-state index is 2.50. The highest BCUT2D eigenvalue weighted by molar-refractivity contribution is 4.80. The lowest BCUT2D eigenvalue weighted by molar-refractivity contribution is 0.187. The Labute approximate surface area is 76.1 Å². The van der Waals surface area contributed by atoms with Gasteiger partial charge in [0.15, 0.2) is 0 Å². The quantitative estimate of drug-likeness (QED) is 0.580. The smallest absolute Gasteiger partial charge is 0.00190 e. The molecule has 2 rings (SSSR count). The molecule has 1 aliphatic carbocycles. The second kappa shape index (κ2) is 3.78. The Morgan fingerprint density at radius 1 is 0.833 bits per heavy atom. The molecule has 1 atom stereocenters. The average molecular weight is 167 g/mol. The van der Waals surface area contributed by atoms with Crippen molar-refractivity contribution in [3.63, 3.8) is 0 Å². The molecule has 0 amide bonds. The lowest BCUT2D eigenvalue weighted by Crippen LogP contribution is -2.23. The van der Waals surface area contributed by atoms with E-state index in [4.69, 9.17) is 0 Å². The van der Waals surface area contributed by atoms with E-state index in [1.165, 1.54) is 51.6 Å². The molecule has 2 fully saturated rings. The molecule has 0 radical (unpaired) electrons. The van der Waals surface area contributed by atoms with Crippen LogP contribution in [-0.2, 0) is 0 Å². The fraction of sp³-hybridized carbons (Fsp3) is 1.00. The van der Waals surface area contributed by atoms with Gasteiger partial charge in [0.05, 0.1) is 0 Å². The first-order valence-electron chi connectivity index (χ1n) is 5.55. The molecular formula is C11H21N. The van der Waals surface area contributed by atoms with Crippen LogP contribution in [0, 0.1) is 11.8 Å². The van der Waals surface area contributed by atoms with E-state index in [2.05, 4.69) is 11.9 Å². The molecule has 1 saturated heterocycles. The molecular weight excluding hydrogens is 146 g/mol. The van der Waals surface area contributed by atoms with E-state index in [0.29, 0.717) is 0 Å². The summed E-state index contributed by atoms with van der Waals surface area (Å²) >= 11 is 0. The van der Waals surface area contributed by atoms with Crippen molar-refractivity contribution in [3.8, 4) is 0 Å². The van der Waals surface area contributed by atoms with Gasteiger partial charge in [0.1, 0.15) is 0 Å². The molecule has 12 heavy (non-hydrogen) atoms. The summed E-state index contributed by atoms with van der Waals surface area (Å²) in [7, 11) is 2.27.